The lowest BCUT2D eigenvalue weighted by molar-refractivity contribution is -0.134. The quantitative estimate of drug-likeness (QED) is 0.761. The molecule has 0 bridgehead atoms. The van der Waals surface area contributed by atoms with Crippen LogP contribution in [-0.4, -0.2) is 65.1 Å². The van der Waals surface area contributed by atoms with E-state index < -0.39 is 5.60 Å². The lowest BCUT2D eigenvalue weighted by Gasteiger charge is -2.42. The van der Waals surface area contributed by atoms with Crippen LogP contribution in [0.1, 0.15) is 32.0 Å². The van der Waals surface area contributed by atoms with Gasteiger partial charge in [0.05, 0.1) is 37.1 Å². The molecule has 1 aliphatic carbocycles. The van der Waals surface area contributed by atoms with Crippen LogP contribution >= 0.6 is 11.6 Å². The minimum absolute atomic E-state index is 0.0277. The maximum atomic E-state index is 12.0. The summed E-state index contributed by atoms with van der Waals surface area (Å²) in [5, 5.41) is 0.470. The van der Waals surface area contributed by atoms with Crippen molar-refractivity contribution in [3.8, 4) is 0 Å². The summed E-state index contributed by atoms with van der Waals surface area (Å²) in [5.41, 5.74) is 1.34. The predicted molar refractivity (Wildman–Crippen MR) is 91.7 cm³/mol. The molecule has 25 heavy (non-hydrogen) atoms. The molecule has 2 atom stereocenters. The smallest absolute Gasteiger partial charge is 0.410 e. The van der Waals surface area contributed by atoms with E-state index in [-0.39, 0.29) is 24.4 Å². The van der Waals surface area contributed by atoms with Crippen molar-refractivity contribution in [2.24, 2.45) is 0 Å². The average molecular weight is 370 g/mol. The lowest BCUT2D eigenvalue weighted by Crippen LogP contribution is -2.58. The van der Waals surface area contributed by atoms with Gasteiger partial charge in [0.2, 0.25) is 0 Å². The Labute approximate surface area is 152 Å². The highest BCUT2D eigenvalue weighted by Gasteiger charge is 2.39. The summed E-state index contributed by atoms with van der Waals surface area (Å²) < 4.78 is 17.1. The van der Waals surface area contributed by atoms with Crippen molar-refractivity contribution in [1.82, 2.24) is 14.9 Å². The van der Waals surface area contributed by atoms with E-state index in [9.17, 15) is 4.79 Å². The molecule has 138 valence electrons. The average Bonchev–Trinajstić information content (AvgIpc) is 2.48. The van der Waals surface area contributed by atoms with Gasteiger partial charge in [-0.3, -0.25) is 0 Å². The van der Waals surface area contributed by atoms with Gasteiger partial charge in [-0.05, 0) is 20.8 Å². The highest BCUT2D eigenvalue weighted by molar-refractivity contribution is 6.30. The van der Waals surface area contributed by atoms with Crippen molar-refractivity contribution in [2.45, 2.75) is 57.5 Å². The van der Waals surface area contributed by atoms with E-state index in [1.165, 1.54) is 6.33 Å². The first-order chi connectivity index (χ1) is 11.8. The predicted octanol–water partition coefficient (Wildman–Crippen LogP) is 2.25. The number of carbonyl (C=O) groups is 1. The van der Waals surface area contributed by atoms with E-state index in [1.54, 1.807) is 12.0 Å². The Bertz CT molecular complexity index is 643. The second kappa shape index (κ2) is 7.05. The fourth-order valence-electron chi connectivity index (χ4n) is 3.07. The Morgan fingerprint density at radius 3 is 2.60 bits per heavy atom. The van der Waals surface area contributed by atoms with E-state index in [2.05, 4.69) is 9.97 Å². The van der Waals surface area contributed by atoms with Crippen LogP contribution in [0.2, 0.25) is 5.15 Å². The molecule has 0 radical (unpaired) electrons. The number of hydrogen-bond donors (Lipinski definition) is 0. The first kappa shape index (κ1) is 18.4. The van der Waals surface area contributed by atoms with Gasteiger partial charge in [0.25, 0.3) is 0 Å². The van der Waals surface area contributed by atoms with Crippen molar-refractivity contribution in [3.63, 3.8) is 0 Å². The first-order valence-electron chi connectivity index (χ1n) is 8.41. The molecule has 2 heterocycles. The van der Waals surface area contributed by atoms with Crippen LogP contribution < -0.4 is 0 Å². The number of nitrogens with zero attached hydrogens (tertiary/aromatic N) is 3. The fraction of sp³-hybridized carbons (Fsp3) is 0.706. The first-order valence-corrected chi connectivity index (χ1v) is 8.79. The monoisotopic (exact) mass is 369 g/mol. The van der Waals surface area contributed by atoms with Crippen molar-refractivity contribution in [1.29, 1.82) is 0 Å². The summed E-state index contributed by atoms with van der Waals surface area (Å²) >= 11 is 6.19. The Balaban J connectivity index is 1.57. The molecular weight excluding hydrogens is 346 g/mol. The van der Waals surface area contributed by atoms with Crippen LogP contribution in [0.3, 0.4) is 0 Å². The van der Waals surface area contributed by atoms with Gasteiger partial charge >= 0.3 is 6.09 Å². The number of hydrogen-bond acceptors (Lipinski definition) is 6. The molecule has 2 unspecified atom stereocenters. The summed E-state index contributed by atoms with van der Waals surface area (Å²) in [7, 11) is 1.67. The standard InChI is InChI=1S/C17H24ClN3O4/c1-17(2,3)25-16(22)21-7-10(8-21)24-14-5-11-12(6-13(14)23-4)19-9-20-15(11)18/h9-10,13-14H,5-8H2,1-4H3. The van der Waals surface area contributed by atoms with Gasteiger partial charge in [0, 0.05) is 25.5 Å². The number of halogens is 1. The summed E-state index contributed by atoms with van der Waals surface area (Å²) in [6.07, 6.45) is 2.17. The van der Waals surface area contributed by atoms with Gasteiger partial charge in [-0.15, -0.1) is 0 Å². The maximum Gasteiger partial charge on any atom is 0.410 e. The van der Waals surface area contributed by atoms with E-state index >= 15 is 0 Å². The molecule has 1 aromatic heterocycles. The highest BCUT2D eigenvalue weighted by Crippen LogP contribution is 2.29. The van der Waals surface area contributed by atoms with Gasteiger partial charge in [0.1, 0.15) is 17.1 Å². The Hall–Kier alpha value is -1.44. The van der Waals surface area contributed by atoms with Crippen LogP contribution in [0, 0.1) is 0 Å². The van der Waals surface area contributed by atoms with E-state index in [0.29, 0.717) is 31.1 Å². The van der Waals surface area contributed by atoms with Crippen molar-refractivity contribution in [2.75, 3.05) is 20.2 Å². The van der Waals surface area contributed by atoms with Crippen molar-refractivity contribution >= 4 is 17.7 Å². The van der Waals surface area contributed by atoms with Gasteiger partial charge in [-0.25, -0.2) is 14.8 Å². The normalized spacial score (nSPS) is 23.8. The fourth-order valence-corrected chi connectivity index (χ4v) is 3.30. The molecule has 2 aliphatic rings. The molecule has 1 fully saturated rings. The molecule has 0 spiro atoms. The maximum absolute atomic E-state index is 12.0. The van der Waals surface area contributed by atoms with E-state index in [4.69, 9.17) is 25.8 Å². The Morgan fingerprint density at radius 1 is 1.24 bits per heavy atom. The van der Waals surface area contributed by atoms with Gasteiger partial charge in [0.15, 0.2) is 0 Å². The molecule has 8 heteroatoms. The Kier molecular flexibility index (Phi) is 5.18. The third-order valence-electron chi connectivity index (χ3n) is 4.37. The molecule has 1 amide bonds. The van der Waals surface area contributed by atoms with Gasteiger partial charge < -0.3 is 19.1 Å². The van der Waals surface area contributed by atoms with Crippen LogP contribution in [0.25, 0.3) is 0 Å². The number of aromatic nitrogens is 2. The van der Waals surface area contributed by atoms with E-state index in [1.807, 2.05) is 20.8 Å². The number of likely N-dealkylation sites (tertiary alicyclic amines) is 1. The molecule has 3 rings (SSSR count). The van der Waals surface area contributed by atoms with Crippen molar-refractivity contribution < 1.29 is 19.0 Å². The van der Waals surface area contributed by atoms with Crippen LogP contribution in [0.15, 0.2) is 6.33 Å². The molecule has 0 N–H and O–H groups in total. The second-order valence-corrected chi connectivity index (χ2v) is 7.81. The molecule has 0 saturated carbocycles. The van der Waals surface area contributed by atoms with Crippen molar-refractivity contribution in [3.05, 3.63) is 22.7 Å². The topological polar surface area (TPSA) is 73.8 Å². The van der Waals surface area contributed by atoms with Crippen LogP contribution in [0.4, 0.5) is 4.79 Å². The molecule has 0 aromatic carbocycles. The van der Waals surface area contributed by atoms with Gasteiger partial charge in [-0.1, -0.05) is 11.6 Å². The third-order valence-corrected chi connectivity index (χ3v) is 4.69. The summed E-state index contributed by atoms with van der Waals surface area (Å²) in [5.74, 6) is 0. The second-order valence-electron chi connectivity index (χ2n) is 7.45. The van der Waals surface area contributed by atoms with Gasteiger partial charge in [-0.2, -0.15) is 0 Å². The van der Waals surface area contributed by atoms with Crippen LogP contribution in [-0.2, 0) is 27.1 Å². The SMILES string of the molecule is COC1Cc2ncnc(Cl)c2CC1OC1CN(C(=O)OC(C)(C)C)C1. The molecule has 1 saturated heterocycles. The van der Waals surface area contributed by atoms with Crippen LogP contribution in [0.5, 0.6) is 0 Å². The number of fused-ring (bicyclic) bond motifs is 1. The molecule has 1 aromatic rings. The highest BCUT2D eigenvalue weighted by atomic mass is 35.5. The summed E-state index contributed by atoms with van der Waals surface area (Å²) in [6.45, 7) is 6.61. The zero-order valence-corrected chi connectivity index (χ0v) is 15.7. The summed E-state index contributed by atoms with van der Waals surface area (Å²) in [6, 6.07) is 0. The third kappa shape index (κ3) is 4.22. The number of carbonyl (C=O) groups excluding carboxylic acids is 1. The minimum atomic E-state index is -0.492. The zero-order chi connectivity index (χ0) is 18.2. The largest absolute Gasteiger partial charge is 0.444 e. The lowest BCUT2D eigenvalue weighted by atomic mass is 9.91. The summed E-state index contributed by atoms with van der Waals surface area (Å²) in [4.78, 5) is 22.0. The number of rotatable bonds is 3. The minimum Gasteiger partial charge on any atom is -0.444 e. The Morgan fingerprint density at radius 2 is 1.96 bits per heavy atom. The molecule has 1 aliphatic heterocycles. The number of ether oxygens (including phenoxy) is 3. The van der Waals surface area contributed by atoms with E-state index in [0.717, 1.165) is 11.3 Å². The molecule has 7 nitrogen and oxygen atoms in total. The molecular formula is C17H24ClN3O4. The number of amides is 1. The zero-order valence-electron chi connectivity index (χ0n) is 15.0. The number of methoxy groups -OCH3 is 1.